The van der Waals surface area contributed by atoms with Crippen LogP contribution in [0.5, 0.6) is 0 Å². The fourth-order valence-corrected chi connectivity index (χ4v) is 2.29. The molecule has 1 aromatic carbocycles. The normalized spacial score (nSPS) is 11.4. The van der Waals surface area contributed by atoms with Gasteiger partial charge in [0.05, 0.1) is 12.8 Å². The summed E-state index contributed by atoms with van der Waals surface area (Å²) in [4.78, 5) is 4.59. The van der Waals surface area contributed by atoms with E-state index in [9.17, 15) is 0 Å². The molecule has 0 aliphatic rings. The van der Waals surface area contributed by atoms with Crippen LogP contribution in [0.2, 0.25) is 0 Å². The van der Waals surface area contributed by atoms with Crippen molar-refractivity contribution in [3.8, 4) is 11.3 Å². The summed E-state index contributed by atoms with van der Waals surface area (Å²) in [6, 6.07) is 9.34. The average Bonchev–Trinajstić information content (AvgIpc) is 2.66. The van der Waals surface area contributed by atoms with E-state index in [-0.39, 0.29) is 5.88 Å². The van der Waals surface area contributed by atoms with Gasteiger partial charge in [-0.15, -0.1) is 0 Å². The van der Waals surface area contributed by atoms with Crippen LogP contribution in [0.25, 0.3) is 22.9 Å². The number of aromatic nitrogens is 1. The molecule has 6 heteroatoms. The molecule has 26 heavy (non-hydrogen) atoms. The van der Waals surface area contributed by atoms with Crippen LogP contribution < -0.4 is 17.2 Å². The molecular weight excluding hydrogens is 326 g/mol. The molecule has 0 saturated heterocycles. The Hall–Kier alpha value is -3.28. The van der Waals surface area contributed by atoms with Gasteiger partial charge in [-0.25, -0.2) is 0 Å². The van der Waals surface area contributed by atoms with Crippen molar-refractivity contribution in [3.05, 3.63) is 59.2 Å². The lowest BCUT2D eigenvalue weighted by molar-refractivity contribution is 0.291. The van der Waals surface area contributed by atoms with Gasteiger partial charge in [-0.3, -0.25) is 4.98 Å². The number of ether oxygens (including phenoxy) is 1. The van der Waals surface area contributed by atoms with Gasteiger partial charge in [0, 0.05) is 52.1 Å². The first-order valence-corrected chi connectivity index (χ1v) is 8.31. The highest BCUT2D eigenvalue weighted by Gasteiger charge is 2.12. The van der Waals surface area contributed by atoms with E-state index in [4.69, 9.17) is 27.3 Å². The Bertz CT molecular complexity index is 825. The summed E-state index contributed by atoms with van der Waals surface area (Å²) < 4.78 is 4.94. The van der Waals surface area contributed by atoms with Gasteiger partial charge in [0.15, 0.2) is 5.88 Å². The van der Waals surface area contributed by atoms with Crippen LogP contribution in [0.1, 0.15) is 30.7 Å². The second kappa shape index (κ2) is 9.88. The average molecular weight is 353 g/mol. The molecule has 2 aromatic rings. The van der Waals surface area contributed by atoms with E-state index in [1.807, 2.05) is 51.1 Å². The van der Waals surface area contributed by atoms with Gasteiger partial charge in [-0.2, -0.15) is 0 Å². The van der Waals surface area contributed by atoms with Crippen LogP contribution in [0, 0.1) is 12.3 Å². The zero-order valence-corrected chi connectivity index (χ0v) is 15.7. The second-order valence-electron chi connectivity index (χ2n) is 5.21. The number of nitrogens with zero attached hydrogens (tertiary/aromatic N) is 1. The molecule has 0 unspecified atom stereocenters. The third kappa shape index (κ3) is 4.86. The highest BCUT2D eigenvalue weighted by molar-refractivity contribution is 6.10. The highest BCUT2D eigenvalue weighted by atomic mass is 16.5. The van der Waals surface area contributed by atoms with E-state index in [0.717, 1.165) is 28.1 Å². The fraction of sp³-hybridized carbons (Fsp3) is 0.200. The third-order valence-electron chi connectivity index (χ3n) is 3.57. The smallest absolute Gasteiger partial charge is 0.184 e. The van der Waals surface area contributed by atoms with Crippen molar-refractivity contribution in [2.45, 2.75) is 20.8 Å². The molecule has 1 heterocycles. The number of nitrogens with one attached hydrogen (secondary N) is 1. The van der Waals surface area contributed by atoms with Crippen LogP contribution in [0.4, 0.5) is 5.69 Å². The topological polar surface area (TPSA) is 124 Å². The largest absolute Gasteiger partial charge is 0.483 e. The van der Waals surface area contributed by atoms with Crippen LogP contribution >= 0.6 is 0 Å². The Labute approximate surface area is 154 Å². The summed E-state index contributed by atoms with van der Waals surface area (Å²) in [6.07, 6.45) is 4.25. The van der Waals surface area contributed by atoms with Crippen LogP contribution in [0.15, 0.2) is 42.4 Å². The van der Waals surface area contributed by atoms with Crippen molar-refractivity contribution in [1.82, 2.24) is 4.98 Å². The molecule has 0 aliphatic heterocycles. The van der Waals surface area contributed by atoms with Crippen molar-refractivity contribution in [2.24, 2.45) is 11.5 Å². The number of nitrogen functional groups attached to an aromatic ring is 1. The molecular formula is C20H27N5O. The summed E-state index contributed by atoms with van der Waals surface area (Å²) in [6.45, 7) is 5.91. The number of pyridine rings is 1. The number of aryl methyl sites for hydroxylation is 1. The SMILES string of the molecule is CC.CO/C(N)=C/c1ccc(-c2nc(C)ccc2/C(C=N)=C/N)cc1N. The van der Waals surface area contributed by atoms with Gasteiger partial charge in [0.25, 0.3) is 0 Å². The molecule has 0 atom stereocenters. The summed E-state index contributed by atoms with van der Waals surface area (Å²) in [5.41, 5.74) is 22.5. The summed E-state index contributed by atoms with van der Waals surface area (Å²) in [5, 5.41) is 7.52. The molecule has 1 aromatic heterocycles. The van der Waals surface area contributed by atoms with Crippen molar-refractivity contribution in [3.63, 3.8) is 0 Å². The standard InChI is InChI=1S/C18H21N5O.C2H6/c1-11-3-6-15(14(9-19)10-20)18(23-11)13-5-4-12(16(21)7-13)8-17(22)24-2;1-2/h3-10,19H,20-22H2,1-2H3;1-2H3/b14-10+,17-8+,19-9?;. The third-order valence-corrected chi connectivity index (χ3v) is 3.57. The number of allylic oxidation sites excluding steroid dienone is 1. The van der Waals surface area contributed by atoms with Crippen molar-refractivity contribution >= 4 is 23.6 Å². The lowest BCUT2D eigenvalue weighted by Gasteiger charge is -2.12. The first kappa shape index (κ1) is 20.8. The lowest BCUT2D eigenvalue weighted by Crippen LogP contribution is -2.01. The number of rotatable bonds is 5. The quantitative estimate of drug-likeness (QED) is 0.372. The van der Waals surface area contributed by atoms with E-state index in [1.165, 1.54) is 19.5 Å². The molecule has 0 fully saturated rings. The summed E-state index contributed by atoms with van der Waals surface area (Å²) in [5.74, 6) is 0.279. The molecule has 0 bridgehead atoms. The summed E-state index contributed by atoms with van der Waals surface area (Å²) >= 11 is 0. The fourth-order valence-electron chi connectivity index (χ4n) is 2.29. The first-order chi connectivity index (χ1) is 12.5. The number of nitrogens with two attached hydrogens (primary N) is 3. The minimum Gasteiger partial charge on any atom is -0.483 e. The van der Waals surface area contributed by atoms with Gasteiger partial charge in [0.2, 0.25) is 0 Å². The molecule has 0 spiro atoms. The first-order valence-electron chi connectivity index (χ1n) is 8.31. The Morgan fingerprint density at radius 3 is 2.42 bits per heavy atom. The highest BCUT2D eigenvalue weighted by Crippen LogP contribution is 2.29. The molecule has 2 rings (SSSR count). The number of hydrogen-bond acceptors (Lipinski definition) is 6. The van der Waals surface area contributed by atoms with Crippen LogP contribution in [-0.4, -0.2) is 18.3 Å². The predicted octanol–water partition coefficient (Wildman–Crippen LogP) is 3.52. The van der Waals surface area contributed by atoms with Gasteiger partial charge in [-0.1, -0.05) is 32.0 Å². The van der Waals surface area contributed by atoms with Crippen LogP contribution in [-0.2, 0) is 4.74 Å². The van der Waals surface area contributed by atoms with Gasteiger partial charge in [0.1, 0.15) is 0 Å². The van der Waals surface area contributed by atoms with Crippen LogP contribution in [0.3, 0.4) is 0 Å². The number of benzene rings is 1. The Morgan fingerprint density at radius 2 is 1.88 bits per heavy atom. The Balaban J connectivity index is 0.00000163. The summed E-state index contributed by atoms with van der Waals surface area (Å²) in [7, 11) is 1.50. The number of anilines is 1. The zero-order valence-electron chi connectivity index (χ0n) is 15.7. The maximum absolute atomic E-state index is 7.52. The molecule has 7 N–H and O–H groups in total. The van der Waals surface area contributed by atoms with Crippen molar-refractivity contribution in [2.75, 3.05) is 12.8 Å². The maximum atomic E-state index is 7.52. The molecule has 0 saturated carbocycles. The Kier molecular flexibility index (Phi) is 7.89. The number of methoxy groups -OCH3 is 1. The minimum absolute atomic E-state index is 0.279. The van der Waals surface area contributed by atoms with E-state index < -0.39 is 0 Å². The van der Waals surface area contributed by atoms with Crippen molar-refractivity contribution < 1.29 is 4.74 Å². The molecule has 0 radical (unpaired) electrons. The van der Waals surface area contributed by atoms with E-state index in [0.29, 0.717) is 11.3 Å². The number of hydrogen-bond donors (Lipinski definition) is 4. The lowest BCUT2D eigenvalue weighted by atomic mass is 9.98. The molecule has 0 amide bonds. The molecule has 6 nitrogen and oxygen atoms in total. The molecule has 138 valence electrons. The van der Waals surface area contributed by atoms with E-state index in [2.05, 4.69) is 4.98 Å². The van der Waals surface area contributed by atoms with Gasteiger partial charge < -0.3 is 27.3 Å². The second-order valence-corrected chi connectivity index (χ2v) is 5.21. The minimum atomic E-state index is 0.279. The van der Waals surface area contributed by atoms with Gasteiger partial charge >= 0.3 is 0 Å². The predicted molar refractivity (Wildman–Crippen MR) is 110 cm³/mol. The Morgan fingerprint density at radius 1 is 1.19 bits per heavy atom. The maximum Gasteiger partial charge on any atom is 0.184 e. The van der Waals surface area contributed by atoms with Gasteiger partial charge in [-0.05, 0) is 19.1 Å². The van der Waals surface area contributed by atoms with Crippen molar-refractivity contribution in [1.29, 1.82) is 5.41 Å². The van der Waals surface area contributed by atoms with E-state index in [1.54, 1.807) is 6.08 Å². The molecule has 0 aliphatic carbocycles. The monoisotopic (exact) mass is 353 g/mol. The zero-order chi connectivity index (χ0) is 19.7. The van der Waals surface area contributed by atoms with E-state index >= 15 is 0 Å².